The number of nitrogens with zero attached hydrogens (tertiary/aromatic N) is 1. The Bertz CT molecular complexity index is 473. The number of anilines is 1. The quantitative estimate of drug-likeness (QED) is 0.798. The molecule has 0 fully saturated rings. The lowest BCUT2D eigenvalue weighted by Gasteiger charge is -2.32. The largest absolute Gasteiger partial charge is 0.479 e. The number of aldehydes is 1. The summed E-state index contributed by atoms with van der Waals surface area (Å²) in [4.78, 5) is 24.1. The summed E-state index contributed by atoms with van der Waals surface area (Å²) < 4.78 is 5.53. The molecule has 0 saturated carbocycles. The normalized spacial score (nSPS) is 18.2. The second kappa shape index (κ2) is 5.18. The van der Waals surface area contributed by atoms with E-state index in [4.69, 9.17) is 4.74 Å². The SMILES string of the molecule is CNCc1ccc2c(c1)N(CC=O)C(=O)C(C)O2. The third kappa shape index (κ3) is 2.22. The van der Waals surface area contributed by atoms with E-state index in [1.54, 1.807) is 6.92 Å². The molecule has 0 aromatic heterocycles. The van der Waals surface area contributed by atoms with Crippen LogP contribution < -0.4 is 15.0 Å². The summed E-state index contributed by atoms with van der Waals surface area (Å²) in [6.45, 7) is 2.44. The van der Waals surface area contributed by atoms with Crippen molar-refractivity contribution in [1.29, 1.82) is 0 Å². The smallest absolute Gasteiger partial charge is 0.268 e. The Balaban J connectivity index is 2.41. The van der Waals surface area contributed by atoms with Crippen LogP contribution >= 0.6 is 0 Å². The highest BCUT2D eigenvalue weighted by molar-refractivity contribution is 6.01. The van der Waals surface area contributed by atoms with Crippen molar-refractivity contribution in [2.24, 2.45) is 0 Å². The Hall–Kier alpha value is -1.88. The van der Waals surface area contributed by atoms with Crippen LogP contribution in [0, 0.1) is 0 Å². The van der Waals surface area contributed by atoms with Crippen molar-refractivity contribution in [3.05, 3.63) is 23.8 Å². The van der Waals surface area contributed by atoms with Gasteiger partial charge >= 0.3 is 0 Å². The summed E-state index contributed by atoms with van der Waals surface area (Å²) in [5.41, 5.74) is 1.70. The molecule has 1 aliphatic heterocycles. The van der Waals surface area contributed by atoms with E-state index in [-0.39, 0.29) is 12.5 Å². The van der Waals surface area contributed by atoms with Gasteiger partial charge in [0, 0.05) is 6.54 Å². The minimum absolute atomic E-state index is 0.0581. The van der Waals surface area contributed by atoms with E-state index in [1.165, 1.54) is 4.90 Å². The van der Waals surface area contributed by atoms with Crippen LogP contribution in [-0.2, 0) is 16.1 Å². The fourth-order valence-electron chi connectivity index (χ4n) is 2.03. The van der Waals surface area contributed by atoms with Gasteiger partial charge in [-0.3, -0.25) is 9.69 Å². The van der Waals surface area contributed by atoms with Crippen LogP contribution in [0.25, 0.3) is 0 Å². The molecule has 2 rings (SSSR count). The molecule has 5 heteroatoms. The number of amides is 1. The summed E-state index contributed by atoms with van der Waals surface area (Å²) in [6.07, 6.45) is 0.178. The van der Waals surface area contributed by atoms with E-state index in [9.17, 15) is 9.59 Å². The predicted molar refractivity (Wildman–Crippen MR) is 67.7 cm³/mol. The zero-order chi connectivity index (χ0) is 13.1. The first-order chi connectivity index (χ1) is 8.67. The van der Waals surface area contributed by atoms with Gasteiger partial charge in [-0.2, -0.15) is 0 Å². The molecule has 5 nitrogen and oxygen atoms in total. The lowest BCUT2D eigenvalue weighted by Crippen LogP contribution is -2.45. The predicted octanol–water partition coefficient (Wildman–Crippen LogP) is 0.719. The van der Waals surface area contributed by atoms with Crippen LogP contribution in [0.4, 0.5) is 5.69 Å². The highest BCUT2D eigenvalue weighted by atomic mass is 16.5. The summed E-state index contributed by atoms with van der Waals surface area (Å²) in [5, 5.41) is 3.04. The van der Waals surface area contributed by atoms with Crippen molar-refractivity contribution in [3.63, 3.8) is 0 Å². The maximum Gasteiger partial charge on any atom is 0.268 e. The van der Waals surface area contributed by atoms with E-state index in [1.807, 2.05) is 25.2 Å². The van der Waals surface area contributed by atoms with Crippen molar-refractivity contribution in [2.45, 2.75) is 19.6 Å². The molecule has 0 saturated heterocycles. The number of hydrogen-bond donors (Lipinski definition) is 1. The zero-order valence-corrected chi connectivity index (χ0v) is 10.5. The van der Waals surface area contributed by atoms with Crippen molar-refractivity contribution in [2.75, 3.05) is 18.5 Å². The number of nitrogens with one attached hydrogen (secondary N) is 1. The molecule has 0 radical (unpaired) electrons. The molecule has 1 N–H and O–H groups in total. The molecule has 0 bridgehead atoms. The number of carbonyl (C=O) groups excluding carboxylic acids is 2. The zero-order valence-electron chi connectivity index (χ0n) is 10.5. The minimum Gasteiger partial charge on any atom is -0.479 e. The summed E-state index contributed by atoms with van der Waals surface area (Å²) in [7, 11) is 1.85. The van der Waals surface area contributed by atoms with Gasteiger partial charge in [-0.1, -0.05) is 6.07 Å². The van der Waals surface area contributed by atoms with Gasteiger partial charge in [-0.05, 0) is 31.7 Å². The fraction of sp³-hybridized carbons (Fsp3) is 0.385. The first-order valence-corrected chi connectivity index (χ1v) is 5.86. The second-order valence-electron chi connectivity index (χ2n) is 4.21. The Morgan fingerprint density at radius 2 is 2.28 bits per heavy atom. The van der Waals surface area contributed by atoms with Gasteiger partial charge in [-0.25, -0.2) is 0 Å². The summed E-state index contributed by atoms with van der Waals surface area (Å²) in [5.74, 6) is 0.458. The number of benzene rings is 1. The molecule has 1 atom stereocenters. The molecule has 1 amide bonds. The van der Waals surface area contributed by atoms with Gasteiger partial charge in [0.05, 0.1) is 12.2 Å². The van der Waals surface area contributed by atoms with Crippen LogP contribution in [0.2, 0.25) is 0 Å². The molecular weight excluding hydrogens is 232 g/mol. The number of rotatable bonds is 4. The molecule has 96 valence electrons. The van der Waals surface area contributed by atoms with Gasteiger partial charge in [-0.15, -0.1) is 0 Å². The maximum atomic E-state index is 12.0. The van der Waals surface area contributed by atoms with Gasteiger partial charge < -0.3 is 14.8 Å². The molecule has 1 aliphatic rings. The molecule has 1 unspecified atom stereocenters. The second-order valence-corrected chi connectivity index (χ2v) is 4.21. The minimum atomic E-state index is -0.549. The van der Waals surface area contributed by atoms with Gasteiger partial charge in [0.15, 0.2) is 6.10 Å². The summed E-state index contributed by atoms with van der Waals surface area (Å²) >= 11 is 0. The highest BCUT2D eigenvalue weighted by Crippen LogP contribution is 2.34. The monoisotopic (exact) mass is 248 g/mol. The maximum absolute atomic E-state index is 12.0. The molecule has 0 spiro atoms. The van der Waals surface area contributed by atoms with Crippen LogP contribution in [-0.4, -0.2) is 31.9 Å². The Morgan fingerprint density at radius 3 is 2.94 bits per heavy atom. The number of ether oxygens (including phenoxy) is 1. The number of carbonyl (C=O) groups is 2. The van der Waals surface area contributed by atoms with Gasteiger partial charge in [0.2, 0.25) is 0 Å². The standard InChI is InChI=1S/C13H16N2O3/c1-9-13(17)15(5-6-16)11-7-10(8-14-2)3-4-12(11)18-9/h3-4,6-7,9,14H,5,8H2,1-2H3. The van der Waals surface area contributed by atoms with Crippen molar-refractivity contribution >= 4 is 17.9 Å². The Kier molecular flexibility index (Phi) is 3.62. The average Bonchev–Trinajstić information content (AvgIpc) is 2.36. The van der Waals surface area contributed by atoms with Gasteiger partial charge in [0.1, 0.15) is 12.0 Å². The molecule has 18 heavy (non-hydrogen) atoms. The van der Waals surface area contributed by atoms with E-state index in [2.05, 4.69) is 5.32 Å². The Morgan fingerprint density at radius 1 is 1.50 bits per heavy atom. The summed E-state index contributed by atoms with van der Waals surface area (Å²) in [6, 6.07) is 5.65. The highest BCUT2D eigenvalue weighted by Gasteiger charge is 2.31. The average molecular weight is 248 g/mol. The first kappa shape index (κ1) is 12.6. The number of hydrogen-bond acceptors (Lipinski definition) is 4. The fourth-order valence-corrected chi connectivity index (χ4v) is 2.03. The van der Waals surface area contributed by atoms with Crippen molar-refractivity contribution < 1.29 is 14.3 Å². The third-order valence-corrected chi connectivity index (χ3v) is 2.87. The van der Waals surface area contributed by atoms with E-state index < -0.39 is 6.10 Å². The van der Waals surface area contributed by atoms with Crippen LogP contribution in [0.3, 0.4) is 0 Å². The third-order valence-electron chi connectivity index (χ3n) is 2.87. The van der Waals surface area contributed by atoms with Crippen LogP contribution in [0.5, 0.6) is 5.75 Å². The first-order valence-electron chi connectivity index (χ1n) is 5.86. The van der Waals surface area contributed by atoms with Crippen molar-refractivity contribution in [3.8, 4) is 5.75 Å². The molecular formula is C13H16N2O3. The van der Waals surface area contributed by atoms with E-state index in [0.29, 0.717) is 18.0 Å². The van der Waals surface area contributed by atoms with E-state index >= 15 is 0 Å². The topological polar surface area (TPSA) is 58.6 Å². The van der Waals surface area contributed by atoms with Crippen LogP contribution in [0.1, 0.15) is 12.5 Å². The molecule has 1 heterocycles. The van der Waals surface area contributed by atoms with E-state index in [0.717, 1.165) is 11.8 Å². The van der Waals surface area contributed by atoms with Gasteiger partial charge in [0.25, 0.3) is 5.91 Å². The molecule has 1 aromatic rings. The molecule has 1 aromatic carbocycles. The number of fused-ring (bicyclic) bond motifs is 1. The molecule has 0 aliphatic carbocycles. The lowest BCUT2D eigenvalue weighted by molar-refractivity contribution is -0.126. The van der Waals surface area contributed by atoms with Crippen molar-refractivity contribution in [1.82, 2.24) is 5.32 Å². The van der Waals surface area contributed by atoms with Crippen LogP contribution in [0.15, 0.2) is 18.2 Å². The Labute approximate surface area is 106 Å². The lowest BCUT2D eigenvalue weighted by atomic mass is 10.1.